The fraction of sp³-hybridized carbons (Fsp3) is 0.286. The fourth-order valence-corrected chi connectivity index (χ4v) is 1.70. The van der Waals surface area contributed by atoms with E-state index in [1.165, 1.54) is 22.5 Å². The molecule has 6 heteroatoms. The monoisotopic (exact) mass is 262 g/mol. The Labute approximate surface area is 87.5 Å². The van der Waals surface area contributed by atoms with E-state index < -0.39 is 0 Å². The summed E-state index contributed by atoms with van der Waals surface area (Å²) in [6, 6.07) is 0. The first-order valence-electron chi connectivity index (χ1n) is 3.43. The van der Waals surface area contributed by atoms with Crippen molar-refractivity contribution in [1.29, 1.82) is 0 Å². The number of carbonyl (C=O) groups is 1. The standard InChI is InChI=1S/C7H7BrN2O2S/c1-13-7-9-4-5(8)6(12)10(7)2-3-11/h3-4H,2H2,1H3. The first kappa shape index (κ1) is 10.5. The molecule has 1 aromatic rings. The van der Waals surface area contributed by atoms with Gasteiger partial charge in [-0.1, -0.05) is 11.8 Å². The summed E-state index contributed by atoms with van der Waals surface area (Å²) >= 11 is 4.39. The Kier molecular flexibility index (Phi) is 3.68. The van der Waals surface area contributed by atoms with Gasteiger partial charge in [-0.2, -0.15) is 0 Å². The molecule has 0 aliphatic rings. The molecule has 0 atom stereocenters. The Morgan fingerprint density at radius 2 is 2.46 bits per heavy atom. The number of halogens is 1. The van der Waals surface area contributed by atoms with Crippen LogP contribution in [0.4, 0.5) is 0 Å². The van der Waals surface area contributed by atoms with Gasteiger partial charge in [0, 0.05) is 6.20 Å². The number of rotatable bonds is 3. The molecule has 1 heterocycles. The highest BCUT2D eigenvalue weighted by Crippen LogP contribution is 2.10. The summed E-state index contributed by atoms with van der Waals surface area (Å²) in [5, 5.41) is 0.542. The van der Waals surface area contributed by atoms with Crippen LogP contribution in [0, 0.1) is 0 Å². The normalized spacial score (nSPS) is 10.0. The summed E-state index contributed by atoms with van der Waals surface area (Å²) in [6.45, 7) is 0.0431. The topological polar surface area (TPSA) is 52.0 Å². The van der Waals surface area contributed by atoms with Gasteiger partial charge in [-0.15, -0.1) is 0 Å². The van der Waals surface area contributed by atoms with Gasteiger partial charge in [-0.3, -0.25) is 9.36 Å². The molecule has 4 nitrogen and oxygen atoms in total. The van der Waals surface area contributed by atoms with E-state index in [1.54, 1.807) is 6.26 Å². The lowest BCUT2D eigenvalue weighted by Gasteiger charge is -2.05. The van der Waals surface area contributed by atoms with Gasteiger partial charge in [-0.05, 0) is 22.2 Å². The van der Waals surface area contributed by atoms with Gasteiger partial charge in [0.2, 0.25) is 0 Å². The summed E-state index contributed by atoms with van der Waals surface area (Å²) in [6.07, 6.45) is 3.92. The summed E-state index contributed by atoms with van der Waals surface area (Å²) in [5.74, 6) is 0. The summed E-state index contributed by atoms with van der Waals surface area (Å²) < 4.78 is 1.69. The quantitative estimate of drug-likeness (QED) is 0.462. The minimum absolute atomic E-state index is 0.0431. The minimum atomic E-state index is -0.230. The van der Waals surface area contributed by atoms with E-state index >= 15 is 0 Å². The zero-order valence-corrected chi connectivity index (χ0v) is 9.26. The molecule has 1 rings (SSSR count). The average Bonchev–Trinajstić information content (AvgIpc) is 2.14. The van der Waals surface area contributed by atoms with Gasteiger partial charge in [0.05, 0.1) is 6.54 Å². The maximum atomic E-state index is 11.4. The van der Waals surface area contributed by atoms with E-state index in [0.29, 0.717) is 15.9 Å². The minimum Gasteiger partial charge on any atom is -0.301 e. The second-order valence-electron chi connectivity index (χ2n) is 2.18. The largest absolute Gasteiger partial charge is 0.301 e. The zero-order chi connectivity index (χ0) is 9.84. The predicted molar refractivity (Wildman–Crippen MR) is 54.0 cm³/mol. The van der Waals surface area contributed by atoms with E-state index in [2.05, 4.69) is 20.9 Å². The summed E-state index contributed by atoms with van der Waals surface area (Å²) in [7, 11) is 0. The van der Waals surface area contributed by atoms with E-state index in [9.17, 15) is 9.59 Å². The Morgan fingerprint density at radius 1 is 1.77 bits per heavy atom. The van der Waals surface area contributed by atoms with Gasteiger partial charge in [0.25, 0.3) is 5.56 Å². The molecule has 70 valence electrons. The molecule has 0 fully saturated rings. The zero-order valence-electron chi connectivity index (χ0n) is 6.86. The van der Waals surface area contributed by atoms with Crippen molar-refractivity contribution < 1.29 is 4.79 Å². The molecular weight excluding hydrogens is 256 g/mol. The number of hydrogen-bond acceptors (Lipinski definition) is 4. The predicted octanol–water partition coefficient (Wildman–Crippen LogP) is 0.927. The molecule has 0 spiro atoms. The molecule has 0 aromatic carbocycles. The Hall–Kier alpha value is -0.620. The SMILES string of the molecule is CSc1ncc(Br)c(=O)n1CC=O. The molecule has 0 saturated heterocycles. The molecule has 0 radical (unpaired) electrons. The highest BCUT2D eigenvalue weighted by molar-refractivity contribution is 9.10. The van der Waals surface area contributed by atoms with Crippen LogP contribution in [0.15, 0.2) is 20.6 Å². The van der Waals surface area contributed by atoms with Crippen molar-refractivity contribution >= 4 is 34.0 Å². The average molecular weight is 263 g/mol. The molecule has 0 saturated carbocycles. The lowest BCUT2D eigenvalue weighted by atomic mass is 10.6. The van der Waals surface area contributed by atoms with Crippen LogP contribution in [0.2, 0.25) is 0 Å². The second-order valence-corrected chi connectivity index (χ2v) is 3.80. The van der Waals surface area contributed by atoms with Gasteiger partial charge in [0.15, 0.2) is 5.16 Å². The van der Waals surface area contributed by atoms with Crippen molar-refractivity contribution in [3.05, 3.63) is 21.0 Å². The lowest BCUT2D eigenvalue weighted by Crippen LogP contribution is -2.23. The van der Waals surface area contributed by atoms with Crippen LogP contribution >= 0.6 is 27.7 Å². The summed E-state index contributed by atoms with van der Waals surface area (Å²) in [5.41, 5.74) is -0.230. The third kappa shape index (κ3) is 2.19. The van der Waals surface area contributed by atoms with Crippen molar-refractivity contribution in [3.63, 3.8) is 0 Å². The van der Waals surface area contributed by atoms with Crippen LogP contribution < -0.4 is 5.56 Å². The van der Waals surface area contributed by atoms with Crippen molar-refractivity contribution in [1.82, 2.24) is 9.55 Å². The second kappa shape index (κ2) is 4.57. The molecule has 0 amide bonds. The van der Waals surface area contributed by atoms with Crippen molar-refractivity contribution in [2.24, 2.45) is 0 Å². The highest BCUT2D eigenvalue weighted by atomic mass is 79.9. The number of nitrogens with zero attached hydrogens (tertiary/aromatic N) is 2. The van der Waals surface area contributed by atoms with Crippen molar-refractivity contribution in [3.8, 4) is 0 Å². The Balaban J connectivity index is 3.32. The molecule has 0 aliphatic carbocycles. The summed E-state index contributed by atoms with van der Waals surface area (Å²) in [4.78, 5) is 25.7. The van der Waals surface area contributed by atoms with E-state index in [4.69, 9.17) is 0 Å². The Morgan fingerprint density at radius 3 is 3.00 bits per heavy atom. The van der Waals surface area contributed by atoms with Crippen LogP contribution in [0.3, 0.4) is 0 Å². The molecule has 0 N–H and O–H groups in total. The first-order chi connectivity index (χ1) is 6.20. The van der Waals surface area contributed by atoms with Gasteiger partial charge in [-0.25, -0.2) is 4.98 Å². The third-order valence-corrected chi connectivity index (χ3v) is 2.64. The van der Waals surface area contributed by atoms with Crippen molar-refractivity contribution in [2.75, 3.05) is 6.26 Å². The van der Waals surface area contributed by atoms with E-state index in [1.807, 2.05) is 0 Å². The van der Waals surface area contributed by atoms with Crippen LogP contribution in [0.5, 0.6) is 0 Å². The van der Waals surface area contributed by atoms with Gasteiger partial charge < -0.3 is 4.79 Å². The van der Waals surface area contributed by atoms with Gasteiger partial charge >= 0.3 is 0 Å². The fourth-order valence-electron chi connectivity index (χ4n) is 0.851. The number of hydrogen-bond donors (Lipinski definition) is 0. The van der Waals surface area contributed by atoms with Crippen molar-refractivity contribution in [2.45, 2.75) is 11.7 Å². The molecule has 13 heavy (non-hydrogen) atoms. The molecule has 0 bridgehead atoms. The first-order valence-corrected chi connectivity index (χ1v) is 5.45. The smallest absolute Gasteiger partial charge is 0.268 e. The number of aromatic nitrogens is 2. The lowest BCUT2D eigenvalue weighted by molar-refractivity contribution is -0.108. The Bertz CT molecular complexity index is 377. The van der Waals surface area contributed by atoms with Gasteiger partial charge in [0.1, 0.15) is 10.8 Å². The molecular formula is C7H7BrN2O2S. The number of aldehydes is 1. The van der Waals surface area contributed by atoms with Crippen LogP contribution in [-0.2, 0) is 11.3 Å². The van der Waals surface area contributed by atoms with Crippen LogP contribution in [0.25, 0.3) is 0 Å². The molecule has 1 aromatic heterocycles. The van der Waals surface area contributed by atoms with E-state index in [0.717, 1.165) is 0 Å². The van der Waals surface area contributed by atoms with E-state index in [-0.39, 0.29) is 12.1 Å². The number of thioether (sulfide) groups is 1. The van der Waals surface area contributed by atoms with Crippen LogP contribution in [-0.4, -0.2) is 22.1 Å². The third-order valence-electron chi connectivity index (χ3n) is 1.41. The maximum absolute atomic E-state index is 11.4. The molecule has 0 unspecified atom stereocenters. The highest BCUT2D eigenvalue weighted by Gasteiger charge is 2.06. The number of carbonyl (C=O) groups excluding carboxylic acids is 1. The maximum Gasteiger partial charge on any atom is 0.268 e. The van der Waals surface area contributed by atoms with Crippen LogP contribution in [0.1, 0.15) is 0 Å². The molecule has 0 aliphatic heterocycles.